The van der Waals surface area contributed by atoms with Crippen molar-refractivity contribution < 1.29 is 13.2 Å². The number of rotatable bonds is 7. The van der Waals surface area contributed by atoms with Crippen LogP contribution in [-0.4, -0.2) is 45.8 Å². The molecule has 1 aromatic rings. The molecule has 0 bridgehead atoms. The van der Waals surface area contributed by atoms with Gasteiger partial charge in [0.2, 0.25) is 5.91 Å². The number of aryl methyl sites for hydroxylation is 1. The van der Waals surface area contributed by atoms with E-state index in [2.05, 4.69) is 4.72 Å². The molecule has 0 aliphatic heterocycles. The highest BCUT2D eigenvalue weighted by molar-refractivity contribution is 7.87. The van der Waals surface area contributed by atoms with Crippen LogP contribution in [-0.2, 0) is 21.4 Å². The van der Waals surface area contributed by atoms with E-state index in [0.29, 0.717) is 6.54 Å². The Morgan fingerprint density at radius 2 is 1.86 bits per heavy atom. The van der Waals surface area contributed by atoms with Crippen molar-refractivity contribution >= 4 is 21.8 Å². The molecule has 0 radical (unpaired) electrons. The zero-order valence-electron chi connectivity index (χ0n) is 13.0. The van der Waals surface area contributed by atoms with Crippen LogP contribution in [0.15, 0.2) is 24.3 Å². The number of nitrogens with one attached hydrogen (secondary N) is 1. The summed E-state index contributed by atoms with van der Waals surface area (Å²) in [4.78, 5) is 13.4. The summed E-state index contributed by atoms with van der Waals surface area (Å²) in [5.41, 5.74) is 1.89. The average molecular weight is 313 g/mol. The molecule has 0 aliphatic carbocycles. The Hall–Kier alpha value is -1.44. The Bertz CT molecular complexity index is 585. The largest absolute Gasteiger partial charge is 0.311 e. The predicted octanol–water partition coefficient (Wildman–Crippen LogP) is 0.998. The molecule has 0 atom stereocenters. The lowest BCUT2D eigenvalue weighted by atomic mass is 10.1. The molecule has 0 spiro atoms. The lowest BCUT2D eigenvalue weighted by molar-refractivity contribution is -0.116. The van der Waals surface area contributed by atoms with E-state index in [1.165, 1.54) is 21.0 Å². The first-order chi connectivity index (χ1) is 9.79. The van der Waals surface area contributed by atoms with Crippen LogP contribution in [0.2, 0.25) is 0 Å². The van der Waals surface area contributed by atoms with Gasteiger partial charge in [0.1, 0.15) is 0 Å². The van der Waals surface area contributed by atoms with Gasteiger partial charge in [0.25, 0.3) is 10.2 Å². The molecular weight excluding hydrogens is 290 g/mol. The van der Waals surface area contributed by atoms with Crippen molar-refractivity contribution in [3.63, 3.8) is 0 Å². The Labute approximate surface area is 126 Å². The molecule has 0 fully saturated rings. The summed E-state index contributed by atoms with van der Waals surface area (Å²) in [7, 11) is -0.560. The summed E-state index contributed by atoms with van der Waals surface area (Å²) >= 11 is 0. The van der Waals surface area contributed by atoms with Gasteiger partial charge in [-0.1, -0.05) is 25.1 Å². The number of nitrogens with zero attached hydrogens (tertiary/aromatic N) is 2. The van der Waals surface area contributed by atoms with Crippen LogP contribution in [0, 0.1) is 0 Å². The predicted molar refractivity (Wildman–Crippen MR) is 84.5 cm³/mol. The molecule has 1 amide bonds. The fourth-order valence-electron chi connectivity index (χ4n) is 1.94. The summed E-state index contributed by atoms with van der Waals surface area (Å²) in [6.45, 7) is 3.95. The topological polar surface area (TPSA) is 69.7 Å². The standard InChI is InChI=1S/C14H23N3O3S/c1-5-13-8-6-7-9-14(13)17(12(2)18)11-10-15-21(19,20)16(3)4/h6-9,15H,5,10-11H2,1-4H3. The quantitative estimate of drug-likeness (QED) is 0.816. The average Bonchev–Trinajstić information content (AvgIpc) is 2.43. The molecule has 0 heterocycles. The SMILES string of the molecule is CCc1ccccc1N(CCNS(=O)(=O)N(C)C)C(C)=O. The zero-order chi connectivity index (χ0) is 16.0. The lowest BCUT2D eigenvalue weighted by Crippen LogP contribution is -2.41. The Kier molecular flexibility index (Phi) is 6.32. The van der Waals surface area contributed by atoms with Crippen molar-refractivity contribution in [1.29, 1.82) is 0 Å². The number of carbonyl (C=O) groups is 1. The third-order valence-corrected chi connectivity index (χ3v) is 4.67. The second-order valence-electron chi connectivity index (χ2n) is 4.83. The highest BCUT2D eigenvalue weighted by Gasteiger charge is 2.17. The summed E-state index contributed by atoms with van der Waals surface area (Å²) in [5.74, 6) is -0.111. The van der Waals surface area contributed by atoms with Gasteiger partial charge in [0.05, 0.1) is 0 Å². The molecule has 0 saturated carbocycles. The van der Waals surface area contributed by atoms with Gasteiger partial charge in [0, 0.05) is 39.8 Å². The van der Waals surface area contributed by atoms with E-state index in [4.69, 9.17) is 0 Å². The minimum atomic E-state index is -3.47. The Balaban J connectivity index is 2.83. The third-order valence-electron chi connectivity index (χ3n) is 3.14. The highest BCUT2D eigenvalue weighted by Crippen LogP contribution is 2.20. The second-order valence-corrected chi connectivity index (χ2v) is 6.80. The molecule has 0 aliphatic rings. The van der Waals surface area contributed by atoms with Gasteiger partial charge >= 0.3 is 0 Å². The van der Waals surface area contributed by atoms with Gasteiger partial charge in [-0.25, -0.2) is 4.72 Å². The summed E-state index contributed by atoms with van der Waals surface area (Å²) < 4.78 is 26.9. The minimum Gasteiger partial charge on any atom is -0.311 e. The molecule has 118 valence electrons. The first kappa shape index (κ1) is 17.6. The summed E-state index contributed by atoms with van der Waals surface area (Å²) in [6.07, 6.45) is 0.809. The number of anilines is 1. The number of para-hydroxylation sites is 1. The molecule has 0 aromatic heterocycles. The third kappa shape index (κ3) is 4.80. The lowest BCUT2D eigenvalue weighted by Gasteiger charge is -2.24. The maximum Gasteiger partial charge on any atom is 0.278 e. The maximum atomic E-state index is 11.8. The van der Waals surface area contributed by atoms with Gasteiger partial charge in [-0.05, 0) is 18.1 Å². The van der Waals surface area contributed by atoms with Gasteiger partial charge in [-0.3, -0.25) is 4.79 Å². The van der Waals surface area contributed by atoms with E-state index in [9.17, 15) is 13.2 Å². The van der Waals surface area contributed by atoms with Gasteiger partial charge in [-0.15, -0.1) is 0 Å². The van der Waals surface area contributed by atoms with Crippen LogP contribution in [0.5, 0.6) is 0 Å². The smallest absolute Gasteiger partial charge is 0.278 e. The normalized spacial score (nSPS) is 11.7. The van der Waals surface area contributed by atoms with E-state index in [1.807, 2.05) is 31.2 Å². The van der Waals surface area contributed by atoms with Crippen LogP contribution < -0.4 is 9.62 Å². The molecule has 1 aromatic carbocycles. The van der Waals surface area contributed by atoms with Crippen LogP contribution in [0.3, 0.4) is 0 Å². The van der Waals surface area contributed by atoms with Crippen molar-refractivity contribution in [3.05, 3.63) is 29.8 Å². The molecule has 21 heavy (non-hydrogen) atoms. The minimum absolute atomic E-state index is 0.111. The molecule has 6 nitrogen and oxygen atoms in total. The van der Waals surface area contributed by atoms with Crippen molar-refractivity contribution in [2.75, 3.05) is 32.1 Å². The molecule has 0 saturated heterocycles. The molecular formula is C14H23N3O3S. The van der Waals surface area contributed by atoms with Crippen LogP contribution in [0.1, 0.15) is 19.4 Å². The van der Waals surface area contributed by atoms with E-state index in [1.54, 1.807) is 4.90 Å². The van der Waals surface area contributed by atoms with Crippen LogP contribution in [0.25, 0.3) is 0 Å². The monoisotopic (exact) mass is 313 g/mol. The van der Waals surface area contributed by atoms with Gasteiger partial charge in [0.15, 0.2) is 0 Å². The van der Waals surface area contributed by atoms with Crippen molar-refractivity contribution in [1.82, 2.24) is 9.03 Å². The van der Waals surface area contributed by atoms with Crippen molar-refractivity contribution in [2.24, 2.45) is 0 Å². The van der Waals surface area contributed by atoms with Crippen molar-refractivity contribution in [3.8, 4) is 0 Å². The molecule has 0 unspecified atom stereocenters. The zero-order valence-corrected chi connectivity index (χ0v) is 13.8. The van der Waals surface area contributed by atoms with Gasteiger partial charge in [-0.2, -0.15) is 12.7 Å². The first-order valence-corrected chi connectivity index (χ1v) is 8.26. The summed E-state index contributed by atoms with van der Waals surface area (Å²) in [5, 5.41) is 0. The summed E-state index contributed by atoms with van der Waals surface area (Å²) in [6, 6.07) is 7.64. The van der Waals surface area contributed by atoms with E-state index >= 15 is 0 Å². The van der Waals surface area contributed by atoms with E-state index in [-0.39, 0.29) is 12.5 Å². The maximum absolute atomic E-state index is 11.8. The Morgan fingerprint density at radius 3 is 2.38 bits per heavy atom. The van der Waals surface area contributed by atoms with E-state index in [0.717, 1.165) is 22.0 Å². The van der Waals surface area contributed by atoms with Gasteiger partial charge < -0.3 is 4.90 Å². The highest BCUT2D eigenvalue weighted by atomic mass is 32.2. The fourth-order valence-corrected chi connectivity index (χ4v) is 2.54. The van der Waals surface area contributed by atoms with Crippen LogP contribution >= 0.6 is 0 Å². The van der Waals surface area contributed by atoms with E-state index < -0.39 is 10.2 Å². The number of amides is 1. The molecule has 7 heteroatoms. The number of hydrogen-bond acceptors (Lipinski definition) is 3. The molecule has 1 N–H and O–H groups in total. The van der Waals surface area contributed by atoms with Crippen molar-refractivity contribution in [2.45, 2.75) is 20.3 Å². The van der Waals surface area contributed by atoms with Crippen LogP contribution in [0.4, 0.5) is 5.69 Å². The number of benzene rings is 1. The molecule has 1 rings (SSSR count). The fraction of sp³-hybridized carbons (Fsp3) is 0.500. The number of carbonyl (C=O) groups excluding carboxylic acids is 1. The second kappa shape index (κ2) is 7.53. The first-order valence-electron chi connectivity index (χ1n) is 6.82. The Morgan fingerprint density at radius 1 is 1.24 bits per heavy atom. The number of hydrogen-bond donors (Lipinski definition) is 1.